The molecular formula is C19H20N2O3. The smallest absolute Gasteiger partial charge is 0.247 e. The number of carbonyl (C=O) groups is 1. The Morgan fingerprint density at radius 1 is 1.00 bits per heavy atom. The van der Waals surface area contributed by atoms with E-state index in [-0.39, 0.29) is 5.91 Å². The zero-order chi connectivity index (χ0) is 16.9. The lowest BCUT2D eigenvalue weighted by Gasteiger charge is -2.11. The highest BCUT2D eigenvalue weighted by Gasteiger charge is 2.21. The van der Waals surface area contributed by atoms with E-state index in [1.165, 1.54) is 0 Å². The van der Waals surface area contributed by atoms with Crippen molar-refractivity contribution >= 4 is 11.6 Å². The van der Waals surface area contributed by atoms with E-state index in [2.05, 4.69) is 5.10 Å². The summed E-state index contributed by atoms with van der Waals surface area (Å²) in [5.41, 5.74) is 2.91. The van der Waals surface area contributed by atoms with Gasteiger partial charge in [-0.1, -0.05) is 12.1 Å². The molecule has 0 fully saturated rings. The fraction of sp³-hybridized carbons (Fsp3) is 0.263. The quantitative estimate of drug-likeness (QED) is 0.850. The first-order valence-electron chi connectivity index (χ1n) is 7.85. The average molecular weight is 324 g/mol. The van der Waals surface area contributed by atoms with E-state index in [0.717, 1.165) is 34.8 Å². The van der Waals surface area contributed by atoms with E-state index in [0.29, 0.717) is 13.0 Å². The normalized spacial score (nSPS) is 13.6. The molecule has 0 aliphatic carbocycles. The van der Waals surface area contributed by atoms with Gasteiger partial charge in [-0.3, -0.25) is 4.79 Å². The van der Waals surface area contributed by atoms with Crippen LogP contribution in [0.5, 0.6) is 11.5 Å². The molecule has 0 unspecified atom stereocenters. The van der Waals surface area contributed by atoms with Crippen LogP contribution >= 0.6 is 0 Å². The molecule has 2 aromatic rings. The lowest BCUT2D eigenvalue weighted by atomic mass is 10.1. The minimum absolute atomic E-state index is 0.00341. The zero-order valence-electron chi connectivity index (χ0n) is 13.9. The number of nitrogens with zero attached hydrogens (tertiary/aromatic N) is 2. The first kappa shape index (κ1) is 16.1. The molecule has 24 heavy (non-hydrogen) atoms. The van der Waals surface area contributed by atoms with Gasteiger partial charge in [0.25, 0.3) is 0 Å². The molecule has 2 aromatic carbocycles. The van der Waals surface area contributed by atoms with Gasteiger partial charge in [-0.15, -0.1) is 0 Å². The fourth-order valence-corrected chi connectivity index (χ4v) is 2.63. The number of amides is 1. The summed E-state index contributed by atoms with van der Waals surface area (Å²) in [5, 5.41) is 6.04. The summed E-state index contributed by atoms with van der Waals surface area (Å²) in [7, 11) is 3.27. The predicted octanol–water partition coefficient (Wildman–Crippen LogP) is 2.88. The number of ether oxygens (including phenoxy) is 2. The van der Waals surface area contributed by atoms with Crippen LogP contribution in [-0.2, 0) is 11.2 Å². The molecule has 124 valence electrons. The van der Waals surface area contributed by atoms with Crippen molar-refractivity contribution in [2.45, 2.75) is 12.8 Å². The second kappa shape index (κ2) is 7.17. The second-order valence-electron chi connectivity index (χ2n) is 5.57. The maximum atomic E-state index is 12.4. The molecule has 0 saturated carbocycles. The average Bonchev–Trinajstić information content (AvgIpc) is 3.13. The molecule has 1 heterocycles. The van der Waals surface area contributed by atoms with Gasteiger partial charge in [-0.25, -0.2) is 5.01 Å². The van der Waals surface area contributed by atoms with Crippen LogP contribution in [0, 0.1) is 0 Å². The van der Waals surface area contributed by atoms with Gasteiger partial charge in [-0.05, 0) is 47.5 Å². The third-order valence-electron chi connectivity index (χ3n) is 4.03. The van der Waals surface area contributed by atoms with Crippen LogP contribution in [0.1, 0.15) is 17.5 Å². The highest BCUT2D eigenvalue weighted by molar-refractivity contribution is 6.02. The Balaban J connectivity index is 1.66. The fourth-order valence-electron chi connectivity index (χ4n) is 2.63. The number of carbonyl (C=O) groups excluding carboxylic acids is 1. The molecule has 0 N–H and O–H groups in total. The molecule has 5 heteroatoms. The molecule has 1 aliphatic rings. The summed E-state index contributed by atoms with van der Waals surface area (Å²) in [6.45, 7) is 0.621. The summed E-state index contributed by atoms with van der Waals surface area (Å²) in [6.07, 6.45) is 1.10. The van der Waals surface area contributed by atoms with Gasteiger partial charge in [0.15, 0.2) is 0 Å². The van der Waals surface area contributed by atoms with Crippen molar-refractivity contribution in [2.75, 3.05) is 20.8 Å². The third-order valence-corrected chi connectivity index (χ3v) is 4.03. The van der Waals surface area contributed by atoms with Crippen LogP contribution in [0.25, 0.3) is 0 Å². The van der Waals surface area contributed by atoms with Crippen molar-refractivity contribution in [3.63, 3.8) is 0 Å². The van der Waals surface area contributed by atoms with Gasteiger partial charge < -0.3 is 9.47 Å². The Morgan fingerprint density at radius 2 is 1.58 bits per heavy atom. The summed E-state index contributed by atoms with van der Waals surface area (Å²) in [6, 6.07) is 15.3. The minimum Gasteiger partial charge on any atom is -0.497 e. The topological polar surface area (TPSA) is 51.1 Å². The minimum atomic E-state index is 0.00341. The molecule has 3 rings (SSSR count). The van der Waals surface area contributed by atoms with Crippen LogP contribution in [0.15, 0.2) is 53.6 Å². The number of hydrazone groups is 1. The Bertz CT molecular complexity index is 736. The highest BCUT2D eigenvalue weighted by Crippen LogP contribution is 2.19. The predicted molar refractivity (Wildman–Crippen MR) is 92.6 cm³/mol. The van der Waals surface area contributed by atoms with Crippen LogP contribution in [-0.4, -0.2) is 37.4 Å². The van der Waals surface area contributed by atoms with Crippen LogP contribution in [0.2, 0.25) is 0 Å². The molecule has 0 atom stereocenters. The number of rotatable bonds is 5. The Labute approximate surface area is 141 Å². The third kappa shape index (κ3) is 3.56. The van der Waals surface area contributed by atoms with Crippen molar-refractivity contribution in [3.05, 3.63) is 59.7 Å². The van der Waals surface area contributed by atoms with E-state index >= 15 is 0 Å². The molecule has 0 radical (unpaired) electrons. The van der Waals surface area contributed by atoms with Crippen molar-refractivity contribution in [3.8, 4) is 11.5 Å². The van der Waals surface area contributed by atoms with Gasteiger partial charge in [0.2, 0.25) is 5.91 Å². The molecule has 0 aromatic heterocycles. The maximum absolute atomic E-state index is 12.4. The Morgan fingerprint density at radius 3 is 2.17 bits per heavy atom. The molecule has 0 spiro atoms. The number of benzene rings is 2. The van der Waals surface area contributed by atoms with Crippen molar-refractivity contribution < 1.29 is 14.3 Å². The first-order chi connectivity index (χ1) is 11.7. The lowest BCUT2D eigenvalue weighted by Crippen LogP contribution is -2.25. The second-order valence-corrected chi connectivity index (χ2v) is 5.57. The molecule has 0 saturated heterocycles. The molecule has 1 amide bonds. The molecular weight excluding hydrogens is 304 g/mol. The number of hydrogen-bond acceptors (Lipinski definition) is 4. The van der Waals surface area contributed by atoms with Crippen LogP contribution in [0.4, 0.5) is 0 Å². The van der Waals surface area contributed by atoms with Crippen molar-refractivity contribution in [1.82, 2.24) is 5.01 Å². The van der Waals surface area contributed by atoms with E-state index < -0.39 is 0 Å². The monoisotopic (exact) mass is 324 g/mol. The van der Waals surface area contributed by atoms with Crippen molar-refractivity contribution in [1.29, 1.82) is 0 Å². The van der Waals surface area contributed by atoms with E-state index in [1.807, 2.05) is 48.5 Å². The summed E-state index contributed by atoms with van der Waals surface area (Å²) in [5.74, 6) is 1.60. The van der Waals surface area contributed by atoms with Crippen LogP contribution < -0.4 is 9.47 Å². The van der Waals surface area contributed by atoms with Gasteiger partial charge >= 0.3 is 0 Å². The van der Waals surface area contributed by atoms with Gasteiger partial charge in [-0.2, -0.15) is 5.10 Å². The summed E-state index contributed by atoms with van der Waals surface area (Å²) >= 11 is 0. The Hall–Kier alpha value is -2.82. The van der Waals surface area contributed by atoms with Gasteiger partial charge in [0, 0.05) is 6.42 Å². The van der Waals surface area contributed by atoms with E-state index in [4.69, 9.17) is 9.47 Å². The molecule has 1 aliphatic heterocycles. The van der Waals surface area contributed by atoms with E-state index in [9.17, 15) is 4.79 Å². The lowest BCUT2D eigenvalue weighted by molar-refractivity contribution is -0.130. The zero-order valence-corrected chi connectivity index (χ0v) is 13.9. The van der Waals surface area contributed by atoms with Crippen LogP contribution in [0.3, 0.4) is 0 Å². The number of methoxy groups -OCH3 is 2. The number of hydrogen-bond donors (Lipinski definition) is 0. The van der Waals surface area contributed by atoms with E-state index in [1.54, 1.807) is 19.2 Å². The standard InChI is InChI=1S/C19H20N2O3/c1-23-16-7-3-14(4-8-16)13-19(22)21-12-11-18(20-21)15-5-9-17(24-2)10-6-15/h3-10H,11-13H2,1-2H3. The van der Waals surface area contributed by atoms with Crippen molar-refractivity contribution in [2.24, 2.45) is 5.10 Å². The molecule has 5 nitrogen and oxygen atoms in total. The largest absolute Gasteiger partial charge is 0.497 e. The molecule has 0 bridgehead atoms. The summed E-state index contributed by atoms with van der Waals surface area (Å²) < 4.78 is 10.3. The Kier molecular flexibility index (Phi) is 4.79. The highest BCUT2D eigenvalue weighted by atomic mass is 16.5. The van der Waals surface area contributed by atoms with Gasteiger partial charge in [0.1, 0.15) is 11.5 Å². The maximum Gasteiger partial charge on any atom is 0.247 e. The SMILES string of the molecule is COc1ccc(CC(=O)N2CCC(c3ccc(OC)cc3)=N2)cc1. The summed E-state index contributed by atoms with van der Waals surface area (Å²) in [4.78, 5) is 12.4. The first-order valence-corrected chi connectivity index (χ1v) is 7.85. The van der Waals surface area contributed by atoms with Gasteiger partial charge in [0.05, 0.1) is 32.9 Å².